The van der Waals surface area contributed by atoms with E-state index in [0.717, 1.165) is 13.0 Å². The average molecular weight is 502 g/mol. The Kier molecular flexibility index (Phi) is 6.55. The number of hydrogen-bond donors (Lipinski definition) is 1. The van der Waals surface area contributed by atoms with Gasteiger partial charge >= 0.3 is 12.1 Å². The van der Waals surface area contributed by atoms with Crippen molar-refractivity contribution in [1.29, 1.82) is 0 Å². The Morgan fingerprint density at radius 1 is 1.18 bits per heavy atom. The van der Waals surface area contributed by atoms with E-state index in [1.54, 1.807) is 27.0 Å². The van der Waals surface area contributed by atoms with E-state index in [1.165, 1.54) is 27.8 Å². The van der Waals surface area contributed by atoms with Crippen LogP contribution >= 0.6 is 12.2 Å². The van der Waals surface area contributed by atoms with E-state index in [1.807, 2.05) is 6.92 Å². The quantitative estimate of drug-likeness (QED) is 0.471. The van der Waals surface area contributed by atoms with Gasteiger partial charge in [-0.2, -0.15) is 22.0 Å². The highest BCUT2D eigenvalue weighted by atomic mass is 32.1. The molecule has 184 valence electrons. The molecule has 0 fully saturated rings. The molecule has 34 heavy (non-hydrogen) atoms. The monoisotopic (exact) mass is 501 g/mol. The molecule has 11 heteroatoms. The zero-order chi connectivity index (χ0) is 25.6. The number of hydrogen-bond acceptors (Lipinski definition) is 3. The van der Waals surface area contributed by atoms with Gasteiger partial charge in [0.2, 0.25) is 0 Å². The highest BCUT2D eigenvalue weighted by Crippen LogP contribution is 2.50. The van der Waals surface area contributed by atoms with Crippen molar-refractivity contribution in [2.75, 3.05) is 13.6 Å². The van der Waals surface area contributed by atoms with Crippen molar-refractivity contribution in [1.82, 2.24) is 14.8 Å². The number of ether oxygens (including phenoxy) is 1. The number of likely N-dealkylation sites (N-methyl/N-ethyl adjacent to an activating group) is 1. The molecule has 0 saturated carbocycles. The van der Waals surface area contributed by atoms with E-state index < -0.39 is 28.8 Å². The number of nitrogens with zero attached hydrogens (tertiary/aromatic N) is 2. The fraction of sp³-hybridized carbons (Fsp3) is 0.391. The lowest BCUT2D eigenvalue weighted by atomic mass is 9.88. The normalized spacial score (nSPS) is 15.5. The molecule has 2 heterocycles. The summed E-state index contributed by atoms with van der Waals surface area (Å²) in [4.78, 5) is 14.4. The van der Waals surface area contributed by atoms with Crippen LogP contribution in [-0.2, 0) is 5.92 Å². The molecular formula is C23H24F5N3O2S. The Morgan fingerprint density at radius 3 is 2.38 bits per heavy atom. The predicted octanol–water partition coefficient (Wildman–Crippen LogP) is 5.02. The van der Waals surface area contributed by atoms with E-state index >= 15 is 0 Å². The van der Waals surface area contributed by atoms with Crippen molar-refractivity contribution in [3.63, 3.8) is 0 Å². The summed E-state index contributed by atoms with van der Waals surface area (Å²) in [6.07, 6.45) is -4.39. The minimum absolute atomic E-state index is 0.0461. The zero-order valence-electron chi connectivity index (χ0n) is 19.2. The molecule has 0 bridgehead atoms. The van der Waals surface area contributed by atoms with Crippen LogP contribution in [0.5, 0.6) is 5.75 Å². The van der Waals surface area contributed by atoms with Gasteiger partial charge in [0.25, 0.3) is 5.56 Å². The lowest BCUT2D eigenvalue weighted by Gasteiger charge is -2.42. The standard InChI is InChI=1S/C23H24F5N3O2S/c1-6-29-20(34)30(5)19-18(31-12-8-7-9-16(31)32)17-13(2)14(22(24,25)23(26,27)28)10-11-15(17)33-21(19,3)4/h7-12H,6H2,1-5H3,(H,29,34). The first-order chi connectivity index (χ1) is 15.6. The molecule has 0 unspecified atom stereocenters. The first kappa shape index (κ1) is 25.7. The molecule has 1 N–H and O–H groups in total. The molecule has 0 saturated heterocycles. The molecule has 5 nitrogen and oxygen atoms in total. The Hall–Kier alpha value is -2.95. The molecule has 0 radical (unpaired) electrons. The Labute approximate surface area is 198 Å². The second-order valence-corrected chi connectivity index (χ2v) is 8.68. The number of pyridine rings is 1. The van der Waals surface area contributed by atoms with Crippen LogP contribution in [0.15, 0.2) is 47.0 Å². The molecule has 2 aromatic rings. The van der Waals surface area contributed by atoms with E-state index in [4.69, 9.17) is 17.0 Å². The molecule has 1 aliphatic rings. The lowest BCUT2D eigenvalue weighted by Crippen LogP contribution is -2.48. The number of alkyl halides is 5. The van der Waals surface area contributed by atoms with Crippen molar-refractivity contribution < 1.29 is 26.7 Å². The zero-order valence-corrected chi connectivity index (χ0v) is 20.0. The van der Waals surface area contributed by atoms with Crippen LogP contribution in [-0.4, -0.2) is 39.9 Å². The van der Waals surface area contributed by atoms with Gasteiger partial charge in [0.05, 0.1) is 11.4 Å². The Morgan fingerprint density at radius 2 is 1.82 bits per heavy atom. The summed E-state index contributed by atoms with van der Waals surface area (Å²) in [6, 6.07) is 6.10. The summed E-state index contributed by atoms with van der Waals surface area (Å²) in [6.45, 7) is 6.85. The van der Waals surface area contributed by atoms with Crippen molar-refractivity contribution in [2.24, 2.45) is 0 Å². The minimum Gasteiger partial charge on any atom is -0.481 e. The number of fused-ring (bicyclic) bond motifs is 1. The van der Waals surface area contributed by atoms with Gasteiger partial charge in [0.1, 0.15) is 11.4 Å². The minimum atomic E-state index is -5.81. The third-order valence-corrected chi connectivity index (χ3v) is 5.97. The molecule has 0 aliphatic carbocycles. The molecular weight excluding hydrogens is 477 g/mol. The van der Waals surface area contributed by atoms with Crippen LogP contribution in [0.4, 0.5) is 22.0 Å². The van der Waals surface area contributed by atoms with Gasteiger partial charge in [-0.1, -0.05) is 6.07 Å². The largest absolute Gasteiger partial charge is 0.481 e. The van der Waals surface area contributed by atoms with Crippen LogP contribution in [0.25, 0.3) is 5.70 Å². The summed E-state index contributed by atoms with van der Waals surface area (Å²) >= 11 is 5.43. The molecule has 1 aliphatic heterocycles. The molecule has 0 atom stereocenters. The maximum Gasteiger partial charge on any atom is 0.458 e. The summed E-state index contributed by atoms with van der Waals surface area (Å²) in [7, 11) is 1.61. The van der Waals surface area contributed by atoms with Crippen molar-refractivity contribution >= 4 is 23.0 Å². The Balaban J connectivity index is 2.48. The summed E-state index contributed by atoms with van der Waals surface area (Å²) in [5.41, 5.74) is -2.84. The summed E-state index contributed by atoms with van der Waals surface area (Å²) in [5.74, 6) is -5.04. The first-order valence-electron chi connectivity index (χ1n) is 10.4. The number of benzene rings is 1. The van der Waals surface area contributed by atoms with Crippen LogP contribution in [0.2, 0.25) is 0 Å². The predicted molar refractivity (Wildman–Crippen MR) is 123 cm³/mol. The Bertz CT molecular complexity index is 1220. The molecule has 0 spiro atoms. The number of rotatable bonds is 4. The second kappa shape index (κ2) is 8.68. The van der Waals surface area contributed by atoms with Gasteiger partial charge in [-0.15, -0.1) is 0 Å². The maximum absolute atomic E-state index is 14.4. The third-order valence-electron chi connectivity index (χ3n) is 5.55. The SMILES string of the molecule is CCNC(=S)N(C)C1=C(n2ccccc2=O)c2c(ccc(C(F)(F)C(F)(F)F)c2C)OC1(C)C. The number of halogens is 5. The van der Waals surface area contributed by atoms with Crippen LogP contribution in [0, 0.1) is 6.92 Å². The van der Waals surface area contributed by atoms with Crippen molar-refractivity contribution in [3.05, 3.63) is 69.3 Å². The second-order valence-electron chi connectivity index (χ2n) is 8.30. The van der Waals surface area contributed by atoms with E-state index in [0.29, 0.717) is 18.3 Å². The molecule has 1 aromatic carbocycles. The van der Waals surface area contributed by atoms with Gasteiger partial charge < -0.3 is 15.0 Å². The van der Waals surface area contributed by atoms with Crippen molar-refractivity contribution in [3.8, 4) is 5.75 Å². The van der Waals surface area contributed by atoms with Gasteiger partial charge in [-0.05, 0) is 63.7 Å². The van der Waals surface area contributed by atoms with Crippen LogP contribution in [0.3, 0.4) is 0 Å². The fourth-order valence-corrected chi connectivity index (χ4v) is 4.30. The highest BCUT2D eigenvalue weighted by Gasteiger charge is 2.59. The van der Waals surface area contributed by atoms with Gasteiger partial charge in [0.15, 0.2) is 5.11 Å². The molecule has 3 rings (SSSR count). The maximum atomic E-state index is 14.4. The average Bonchev–Trinajstić information content (AvgIpc) is 2.71. The van der Waals surface area contributed by atoms with E-state index in [2.05, 4.69) is 5.32 Å². The van der Waals surface area contributed by atoms with Gasteiger partial charge in [-0.25, -0.2) is 0 Å². The van der Waals surface area contributed by atoms with E-state index in [9.17, 15) is 26.7 Å². The van der Waals surface area contributed by atoms with Crippen LogP contribution < -0.4 is 15.6 Å². The lowest BCUT2D eigenvalue weighted by molar-refractivity contribution is -0.289. The molecule has 1 aromatic heterocycles. The first-order valence-corrected chi connectivity index (χ1v) is 10.8. The fourth-order valence-electron chi connectivity index (χ4n) is 4.07. The summed E-state index contributed by atoms with van der Waals surface area (Å²) in [5, 5.41) is 3.23. The van der Waals surface area contributed by atoms with Gasteiger partial charge in [-0.3, -0.25) is 9.36 Å². The number of nitrogens with one attached hydrogen (secondary N) is 1. The van der Waals surface area contributed by atoms with E-state index in [-0.39, 0.29) is 27.7 Å². The molecule has 0 amide bonds. The number of aromatic nitrogens is 1. The third kappa shape index (κ3) is 4.17. The van der Waals surface area contributed by atoms with Gasteiger partial charge in [0, 0.05) is 37.0 Å². The highest BCUT2D eigenvalue weighted by molar-refractivity contribution is 7.80. The van der Waals surface area contributed by atoms with Crippen molar-refractivity contribution in [2.45, 2.75) is 45.4 Å². The topological polar surface area (TPSA) is 46.5 Å². The smallest absolute Gasteiger partial charge is 0.458 e. The van der Waals surface area contributed by atoms with Crippen LogP contribution in [0.1, 0.15) is 37.5 Å². The summed E-state index contributed by atoms with van der Waals surface area (Å²) < 4.78 is 75.9. The number of thiocarbonyl (C=S) groups is 1.